The van der Waals surface area contributed by atoms with E-state index in [0.717, 1.165) is 28.3 Å². The molecular formula is C22H31N2O3+. The Morgan fingerprint density at radius 2 is 1.74 bits per heavy atom. The van der Waals surface area contributed by atoms with Gasteiger partial charge in [-0.25, -0.2) is 0 Å². The standard InChI is InChI=1S/C22H30N2O3/c1-6-26-20-12-11-18(14-21(20)27-7-2)16(4)23-17(5)22(25)24-19-10-8-9-15(3)13-19/h8-14,16-17,23H,6-7H2,1-5H3,(H,24,25)/p+1/t16-,17-/m0/s1. The van der Waals surface area contributed by atoms with Crippen LogP contribution in [-0.4, -0.2) is 25.2 Å². The number of ether oxygens (including phenoxy) is 2. The van der Waals surface area contributed by atoms with Crippen LogP contribution in [0.3, 0.4) is 0 Å². The second kappa shape index (κ2) is 9.97. The number of quaternary nitrogens is 1. The summed E-state index contributed by atoms with van der Waals surface area (Å²) >= 11 is 0. The number of hydrogen-bond donors (Lipinski definition) is 2. The Labute approximate surface area is 162 Å². The molecule has 0 aliphatic heterocycles. The van der Waals surface area contributed by atoms with Crippen molar-refractivity contribution in [2.75, 3.05) is 18.5 Å². The van der Waals surface area contributed by atoms with E-state index in [1.807, 2.05) is 70.2 Å². The summed E-state index contributed by atoms with van der Waals surface area (Å²) in [5, 5.41) is 5.03. The van der Waals surface area contributed by atoms with Crippen molar-refractivity contribution in [3.05, 3.63) is 53.6 Å². The van der Waals surface area contributed by atoms with Crippen LogP contribution in [0, 0.1) is 6.92 Å². The van der Waals surface area contributed by atoms with Gasteiger partial charge in [0.2, 0.25) is 0 Å². The third-order valence-corrected chi connectivity index (χ3v) is 4.37. The molecule has 0 unspecified atom stereocenters. The molecule has 0 bridgehead atoms. The normalized spacial score (nSPS) is 12.9. The number of amides is 1. The molecular weight excluding hydrogens is 340 g/mol. The Bertz CT molecular complexity index is 761. The first-order chi connectivity index (χ1) is 12.9. The lowest BCUT2D eigenvalue weighted by atomic mass is 10.1. The smallest absolute Gasteiger partial charge is 0.282 e. The van der Waals surface area contributed by atoms with E-state index in [1.54, 1.807) is 0 Å². The highest BCUT2D eigenvalue weighted by Crippen LogP contribution is 2.30. The molecule has 1 amide bonds. The first-order valence-corrected chi connectivity index (χ1v) is 9.56. The van der Waals surface area contributed by atoms with E-state index in [2.05, 4.69) is 17.6 Å². The highest BCUT2D eigenvalue weighted by molar-refractivity contribution is 5.93. The molecule has 3 N–H and O–H groups in total. The van der Waals surface area contributed by atoms with Crippen molar-refractivity contribution in [3.63, 3.8) is 0 Å². The number of aryl methyl sites for hydroxylation is 1. The fourth-order valence-electron chi connectivity index (χ4n) is 2.96. The maximum Gasteiger partial charge on any atom is 0.282 e. The average molecular weight is 372 g/mol. The van der Waals surface area contributed by atoms with Crippen molar-refractivity contribution in [2.24, 2.45) is 0 Å². The molecule has 5 heteroatoms. The summed E-state index contributed by atoms with van der Waals surface area (Å²) in [5.74, 6) is 1.48. The lowest BCUT2D eigenvalue weighted by molar-refractivity contribution is -0.709. The van der Waals surface area contributed by atoms with E-state index >= 15 is 0 Å². The minimum absolute atomic E-state index is 0.0107. The van der Waals surface area contributed by atoms with E-state index in [4.69, 9.17) is 9.47 Å². The van der Waals surface area contributed by atoms with Crippen LogP contribution in [0.25, 0.3) is 0 Å². The van der Waals surface area contributed by atoms with E-state index < -0.39 is 0 Å². The predicted molar refractivity (Wildman–Crippen MR) is 108 cm³/mol. The fourth-order valence-corrected chi connectivity index (χ4v) is 2.96. The SMILES string of the molecule is CCOc1ccc([C@H](C)[NH2+][C@@H](C)C(=O)Nc2cccc(C)c2)cc1OCC. The molecule has 2 atom stereocenters. The van der Waals surface area contributed by atoms with E-state index in [-0.39, 0.29) is 18.0 Å². The predicted octanol–water partition coefficient (Wildman–Crippen LogP) is 3.44. The lowest BCUT2D eigenvalue weighted by Gasteiger charge is -2.19. The molecule has 0 heterocycles. The Balaban J connectivity index is 2.03. The number of carbonyl (C=O) groups is 1. The highest BCUT2D eigenvalue weighted by Gasteiger charge is 2.21. The zero-order valence-corrected chi connectivity index (χ0v) is 16.9. The van der Waals surface area contributed by atoms with Crippen molar-refractivity contribution in [3.8, 4) is 11.5 Å². The Kier molecular flexibility index (Phi) is 7.67. The fraction of sp³-hybridized carbons (Fsp3) is 0.409. The number of carbonyl (C=O) groups excluding carboxylic acids is 1. The Morgan fingerprint density at radius 1 is 1.04 bits per heavy atom. The van der Waals surface area contributed by atoms with Gasteiger partial charge in [-0.15, -0.1) is 0 Å². The molecule has 0 aliphatic carbocycles. The molecule has 0 aliphatic rings. The van der Waals surface area contributed by atoms with Crippen molar-refractivity contribution in [1.29, 1.82) is 0 Å². The maximum absolute atomic E-state index is 12.5. The maximum atomic E-state index is 12.5. The van der Waals surface area contributed by atoms with Crippen molar-refractivity contribution < 1.29 is 19.6 Å². The molecule has 5 nitrogen and oxygen atoms in total. The van der Waals surface area contributed by atoms with Gasteiger partial charge in [-0.05, 0) is 70.5 Å². The van der Waals surface area contributed by atoms with Crippen molar-refractivity contribution in [1.82, 2.24) is 0 Å². The van der Waals surface area contributed by atoms with Gasteiger partial charge in [0.1, 0.15) is 6.04 Å². The number of anilines is 1. The molecule has 0 spiro atoms. The minimum Gasteiger partial charge on any atom is -0.490 e. The second-order valence-corrected chi connectivity index (χ2v) is 6.70. The Morgan fingerprint density at radius 3 is 2.41 bits per heavy atom. The number of benzene rings is 2. The lowest BCUT2D eigenvalue weighted by Crippen LogP contribution is -2.91. The zero-order valence-electron chi connectivity index (χ0n) is 16.9. The summed E-state index contributed by atoms with van der Waals surface area (Å²) in [6.07, 6.45) is 0. The first kappa shape index (κ1) is 20.8. The van der Waals surface area contributed by atoms with Crippen molar-refractivity contribution >= 4 is 11.6 Å². The largest absolute Gasteiger partial charge is 0.490 e. The minimum atomic E-state index is -0.220. The van der Waals surface area contributed by atoms with Crippen LogP contribution in [0.2, 0.25) is 0 Å². The summed E-state index contributed by atoms with van der Waals surface area (Å²) in [4.78, 5) is 12.5. The van der Waals surface area contributed by atoms with Gasteiger partial charge < -0.3 is 20.1 Å². The number of nitrogens with two attached hydrogens (primary N) is 1. The molecule has 0 aromatic heterocycles. The quantitative estimate of drug-likeness (QED) is 0.710. The van der Waals surface area contributed by atoms with Crippen LogP contribution >= 0.6 is 0 Å². The molecule has 2 aromatic carbocycles. The molecule has 146 valence electrons. The van der Waals surface area contributed by atoms with E-state index in [0.29, 0.717) is 13.2 Å². The average Bonchev–Trinajstić information content (AvgIpc) is 2.63. The third kappa shape index (κ3) is 6.00. The summed E-state index contributed by atoms with van der Waals surface area (Å²) < 4.78 is 11.3. The van der Waals surface area contributed by atoms with E-state index in [1.165, 1.54) is 0 Å². The van der Waals surface area contributed by atoms with Gasteiger partial charge in [-0.3, -0.25) is 4.79 Å². The summed E-state index contributed by atoms with van der Waals surface area (Å²) in [6.45, 7) is 11.1. The second-order valence-electron chi connectivity index (χ2n) is 6.70. The molecule has 0 saturated carbocycles. The van der Waals surface area contributed by atoms with Crippen molar-refractivity contribution in [2.45, 2.75) is 46.7 Å². The van der Waals surface area contributed by atoms with Gasteiger partial charge in [-0.2, -0.15) is 0 Å². The first-order valence-electron chi connectivity index (χ1n) is 9.56. The number of rotatable bonds is 9. The van der Waals surface area contributed by atoms with Gasteiger partial charge in [0.05, 0.1) is 13.2 Å². The molecule has 27 heavy (non-hydrogen) atoms. The zero-order chi connectivity index (χ0) is 19.8. The summed E-state index contributed by atoms with van der Waals surface area (Å²) in [5.41, 5.74) is 3.04. The molecule has 0 saturated heterocycles. The Hall–Kier alpha value is -2.53. The van der Waals surface area contributed by atoms with Gasteiger partial charge in [-0.1, -0.05) is 12.1 Å². The highest BCUT2D eigenvalue weighted by atomic mass is 16.5. The summed E-state index contributed by atoms with van der Waals surface area (Å²) in [6, 6.07) is 13.7. The third-order valence-electron chi connectivity index (χ3n) is 4.37. The van der Waals surface area contributed by atoms with Gasteiger partial charge in [0, 0.05) is 11.3 Å². The van der Waals surface area contributed by atoms with Crippen LogP contribution in [0.5, 0.6) is 11.5 Å². The van der Waals surface area contributed by atoms with Crippen LogP contribution in [-0.2, 0) is 4.79 Å². The topological polar surface area (TPSA) is 64.2 Å². The van der Waals surface area contributed by atoms with Gasteiger partial charge >= 0.3 is 0 Å². The number of hydrogen-bond acceptors (Lipinski definition) is 3. The van der Waals surface area contributed by atoms with Gasteiger partial charge in [0.15, 0.2) is 17.5 Å². The number of nitrogens with one attached hydrogen (secondary N) is 1. The molecule has 0 fully saturated rings. The van der Waals surface area contributed by atoms with Crippen LogP contribution in [0.1, 0.15) is 44.9 Å². The van der Waals surface area contributed by atoms with Gasteiger partial charge in [0.25, 0.3) is 5.91 Å². The van der Waals surface area contributed by atoms with Crippen LogP contribution in [0.4, 0.5) is 5.69 Å². The van der Waals surface area contributed by atoms with Crippen LogP contribution in [0.15, 0.2) is 42.5 Å². The summed E-state index contributed by atoms with van der Waals surface area (Å²) in [7, 11) is 0. The molecule has 2 aromatic rings. The monoisotopic (exact) mass is 371 g/mol. The van der Waals surface area contributed by atoms with Crippen LogP contribution < -0.4 is 20.1 Å². The molecule has 0 radical (unpaired) electrons. The van der Waals surface area contributed by atoms with E-state index in [9.17, 15) is 4.79 Å². The molecule has 2 rings (SSSR count).